The van der Waals surface area contributed by atoms with Crippen molar-refractivity contribution in [2.75, 3.05) is 25.4 Å². The maximum absolute atomic E-state index is 12.8. The fraction of sp³-hybridized carbons (Fsp3) is 0.636. The molecule has 1 aliphatic carbocycles. The van der Waals surface area contributed by atoms with Gasteiger partial charge >= 0.3 is 6.18 Å². The summed E-state index contributed by atoms with van der Waals surface area (Å²) in [5, 5.41) is 9.61. The lowest BCUT2D eigenvalue weighted by Crippen LogP contribution is -2.28. The molecule has 0 amide bonds. The molecule has 0 spiro atoms. The van der Waals surface area contributed by atoms with E-state index in [1.54, 1.807) is 23.9 Å². The standard InChI is InChI=1S/C22H29F3N4S/c1-20(2,3)18-26-27-19(28(18)4)30-11-5-10-29-13-17-12-21(17,14-29)15-6-8-16(9-7-15)22(23,24)25/h6-9,17H,5,10-14H2,1-4H3/t17-,21+/m0/s1. The summed E-state index contributed by atoms with van der Waals surface area (Å²) in [6, 6.07) is 5.82. The van der Waals surface area contributed by atoms with E-state index in [1.165, 1.54) is 12.1 Å². The van der Waals surface area contributed by atoms with Crippen LogP contribution in [0.3, 0.4) is 0 Å². The monoisotopic (exact) mass is 438 g/mol. The van der Waals surface area contributed by atoms with Gasteiger partial charge in [0.25, 0.3) is 0 Å². The molecule has 2 atom stereocenters. The van der Waals surface area contributed by atoms with E-state index in [9.17, 15) is 13.2 Å². The van der Waals surface area contributed by atoms with Gasteiger partial charge in [-0.3, -0.25) is 0 Å². The molecule has 30 heavy (non-hydrogen) atoms. The number of hydrogen-bond donors (Lipinski definition) is 0. The van der Waals surface area contributed by atoms with Crippen LogP contribution < -0.4 is 0 Å². The van der Waals surface area contributed by atoms with E-state index in [0.29, 0.717) is 5.92 Å². The van der Waals surface area contributed by atoms with E-state index in [1.807, 2.05) is 7.05 Å². The Morgan fingerprint density at radius 2 is 1.83 bits per heavy atom. The van der Waals surface area contributed by atoms with Crippen LogP contribution in [-0.4, -0.2) is 45.1 Å². The number of halogens is 3. The highest BCUT2D eigenvalue weighted by Gasteiger charge is 2.60. The van der Waals surface area contributed by atoms with Crippen LogP contribution in [0.1, 0.15) is 50.6 Å². The number of benzene rings is 1. The third-order valence-electron chi connectivity index (χ3n) is 6.36. The number of alkyl halides is 3. The van der Waals surface area contributed by atoms with Gasteiger partial charge in [-0.1, -0.05) is 44.7 Å². The van der Waals surface area contributed by atoms with Gasteiger partial charge in [0, 0.05) is 36.7 Å². The van der Waals surface area contributed by atoms with Crippen LogP contribution in [0.2, 0.25) is 0 Å². The maximum Gasteiger partial charge on any atom is 0.416 e. The average molecular weight is 439 g/mol. The number of nitrogens with zero attached hydrogens (tertiary/aromatic N) is 4. The Balaban J connectivity index is 1.27. The van der Waals surface area contributed by atoms with Crippen molar-refractivity contribution < 1.29 is 13.2 Å². The zero-order valence-corrected chi connectivity index (χ0v) is 18.8. The van der Waals surface area contributed by atoms with Crippen molar-refractivity contribution in [1.29, 1.82) is 0 Å². The summed E-state index contributed by atoms with van der Waals surface area (Å²) in [6.07, 6.45) is -2.12. The van der Waals surface area contributed by atoms with E-state index >= 15 is 0 Å². The SMILES string of the molecule is Cn1c(SCCCN2C[C@@H]3C[C@]3(c3ccc(C(F)(F)F)cc3)C2)nnc1C(C)(C)C. The third-order valence-corrected chi connectivity index (χ3v) is 7.47. The summed E-state index contributed by atoms with van der Waals surface area (Å²) in [4.78, 5) is 2.46. The smallest absolute Gasteiger partial charge is 0.309 e. The van der Waals surface area contributed by atoms with Crippen LogP contribution in [0.5, 0.6) is 0 Å². The van der Waals surface area contributed by atoms with Gasteiger partial charge in [-0.05, 0) is 43.0 Å². The molecule has 1 aliphatic heterocycles. The third kappa shape index (κ3) is 4.13. The van der Waals surface area contributed by atoms with Crippen molar-refractivity contribution in [2.45, 2.75) is 55.8 Å². The van der Waals surface area contributed by atoms with Gasteiger partial charge in [0.15, 0.2) is 5.16 Å². The molecule has 0 radical (unpaired) electrons. The second-order valence-electron chi connectivity index (χ2n) is 9.68. The largest absolute Gasteiger partial charge is 0.416 e. The molecule has 1 aromatic heterocycles. The summed E-state index contributed by atoms with van der Waals surface area (Å²) in [7, 11) is 2.02. The molecule has 2 aliphatic rings. The Hall–Kier alpha value is -1.54. The molecule has 2 heterocycles. The number of likely N-dealkylation sites (tertiary alicyclic amines) is 1. The van der Waals surface area contributed by atoms with E-state index in [4.69, 9.17) is 0 Å². The van der Waals surface area contributed by atoms with E-state index < -0.39 is 11.7 Å². The molecule has 4 nitrogen and oxygen atoms in total. The van der Waals surface area contributed by atoms with Crippen LogP contribution >= 0.6 is 11.8 Å². The fourth-order valence-electron chi connectivity index (χ4n) is 4.74. The van der Waals surface area contributed by atoms with Gasteiger partial charge < -0.3 is 9.47 Å². The highest BCUT2D eigenvalue weighted by molar-refractivity contribution is 7.99. The van der Waals surface area contributed by atoms with Gasteiger partial charge in [0.05, 0.1) is 5.56 Å². The first-order chi connectivity index (χ1) is 14.0. The van der Waals surface area contributed by atoms with Crippen molar-refractivity contribution >= 4 is 11.8 Å². The Morgan fingerprint density at radius 3 is 2.43 bits per heavy atom. The Morgan fingerprint density at radius 1 is 1.13 bits per heavy atom. The van der Waals surface area contributed by atoms with E-state index in [2.05, 4.69) is 40.4 Å². The molecule has 164 valence electrons. The van der Waals surface area contributed by atoms with Crippen LogP contribution in [0, 0.1) is 5.92 Å². The van der Waals surface area contributed by atoms with E-state index in [0.717, 1.165) is 54.8 Å². The molecule has 0 N–H and O–H groups in total. The lowest BCUT2D eigenvalue weighted by atomic mass is 9.94. The molecular formula is C22H29F3N4S. The molecule has 8 heteroatoms. The summed E-state index contributed by atoms with van der Waals surface area (Å²) in [6.45, 7) is 9.41. The zero-order chi connectivity index (χ0) is 21.7. The number of aromatic nitrogens is 3. The second-order valence-corrected chi connectivity index (χ2v) is 10.7. The molecule has 0 bridgehead atoms. The van der Waals surface area contributed by atoms with Gasteiger partial charge in [0.2, 0.25) is 0 Å². The number of thioether (sulfide) groups is 1. The zero-order valence-electron chi connectivity index (χ0n) is 18.0. The van der Waals surface area contributed by atoms with E-state index in [-0.39, 0.29) is 10.8 Å². The number of rotatable bonds is 6. The van der Waals surface area contributed by atoms with Crippen molar-refractivity contribution in [2.24, 2.45) is 13.0 Å². The second kappa shape index (κ2) is 7.55. The summed E-state index contributed by atoms with van der Waals surface area (Å²) >= 11 is 1.73. The summed E-state index contributed by atoms with van der Waals surface area (Å²) in [5.74, 6) is 2.54. The molecule has 2 aromatic rings. The van der Waals surface area contributed by atoms with Crippen molar-refractivity contribution in [3.63, 3.8) is 0 Å². The summed E-state index contributed by atoms with van der Waals surface area (Å²) < 4.78 is 40.6. The molecule has 1 saturated heterocycles. The van der Waals surface area contributed by atoms with Crippen LogP contribution in [0.25, 0.3) is 0 Å². The first kappa shape index (κ1) is 21.7. The molecule has 1 aromatic carbocycles. The van der Waals surface area contributed by atoms with Gasteiger partial charge in [-0.25, -0.2) is 0 Å². The minimum Gasteiger partial charge on any atom is -0.309 e. The van der Waals surface area contributed by atoms with Crippen LogP contribution in [0.15, 0.2) is 29.4 Å². The summed E-state index contributed by atoms with van der Waals surface area (Å²) in [5.41, 5.74) is 0.544. The Bertz CT molecular complexity index is 901. The van der Waals surface area contributed by atoms with Gasteiger partial charge in [0.1, 0.15) is 5.82 Å². The molecular weight excluding hydrogens is 409 g/mol. The minimum absolute atomic E-state index is 0.0240. The van der Waals surface area contributed by atoms with Crippen molar-refractivity contribution in [1.82, 2.24) is 19.7 Å². The quantitative estimate of drug-likeness (QED) is 0.475. The normalized spacial score (nSPS) is 24.3. The predicted octanol–water partition coefficient (Wildman–Crippen LogP) is 4.89. The van der Waals surface area contributed by atoms with Gasteiger partial charge in [-0.15, -0.1) is 10.2 Å². The minimum atomic E-state index is -4.27. The average Bonchev–Trinajstić information content (AvgIpc) is 3.02. The lowest BCUT2D eigenvalue weighted by molar-refractivity contribution is -0.137. The number of hydrogen-bond acceptors (Lipinski definition) is 4. The maximum atomic E-state index is 12.8. The van der Waals surface area contributed by atoms with Crippen LogP contribution in [0.4, 0.5) is 13.2 Å². The van der Waals surface area contributed by atoms with Gasteiger partial charge in [-0.2, -0.15) is 13.2 Å². The Labute approximate surface area is 180 Å². The molecule has 2 fully saturated rings. The lowest BCUT2D eigenvalue weighted by Gasteiger charge is -2.21. The molecule has 1 saturated carbocycles. The topological polar surface area (TPSA) is 34.0 Å². The highest BCUT2D eigenvalue weighted by Crippen LogP contribution is 2.59. The first-order valence-electron chi connectivity index (χ1n) is 10.4. The molecule has 4 rings (SSSR count). The number of piperidine rings is 1. The van der Waals surface area contributed by atoms with Crippen molar-refractivity contribution in [3.05, 3.63) is 41.2 Å². The molecule has 0 unspecified atom stereocenters. The van der Waals surface area contributed by atoms with Crippen LogP contribution in [-0.2, 0) is 24.1 Å². The number of fused-ring (bicyclic) bond motifs is 1. The Kier molecular flexibility index (Phi) is 5.46. The first-order valence-corrected chi connectivity index (χ1v) is 11.4. The van der Waals surface area contributed by atoms with Crippen molar-refractivity contribution in [3.8, 4) is 0 Å². The highest BCUT2D eigenvalue weighted by atomic mass is 32.2. The predicted molar refractivity (Wildman–Crippen MR) is 113 cm³/mol. The fourth-order valence-corrected chi connectivity index (χ4v) is 5.58.